The Morgan fingerprint density at radius 3 is 1.12 bits per heavy atom. The van der Waals surface area contributed by atoms with E-state index >= 15 is 0 Å². The summed E-state index contributed by atoms with van der Waals surface area (Å²) in [5, 5.41) is 17.5. The molecule has 0 saturated heterocycles. The molecule has 0 amide bonds. The molecule has 0 rings (SSSR count). The van der Waals surface area contributed by atoms with Gasteiger partial charge in [0.15, 0.2) is 10.8 Å². The molecule has 0 heterocycles. The number of thiocyanates is 2. The second-order valence-corrected chi connectivity index (χ2v) is 1.10. The van der Waals surface area contributed by atoms with Crippen molar-refractivity contribution in [3.63, 3.8) is 0 Å². The molecule has 0 unspecified atom stereocenters. The van der Waals surface area contributed by atoms with Crippen LogP contribution in [0.5, 0.6) is 0 Å². The van der Waals surface area contributed by atoms with Gasteiger partial charge < -0.3 is 9.11 Å². The van der Waals surface area contributed by atoms with Crippen molar-refractivity contribution in [2.75, 3.05) is 0 Å². The van der Waals surface area contributed by atoms with Gasteiger partial charge in [-0.1, -0.05) is 0 Å². The summed E-state index contributed by atoms with van der Waals surface area (Å²) in [6.07, 6.45) is 0. The Kier molecular flexibility index (Phi) is 21.1. The molecule has 0 radical (unpaired) electrons. The number of nitrogens with zero attached hydrogens (tertiary/aromatic N) is 2. The number of nitriles is 2. The van der Waals surface area contributed by atoms with Gasteiger partial charge in [-0.15, -0.1) is 0 Å². The summed E-state index contributed by atoms with van der Waals surface area (Å²) < 4.78 is 14.9. The lowest BCUT2D eigenvalue weighted by Crippen LogP contribution is -1.30. The van der Waals surface area contributed by atoms with E-state index in [1.54, 1.807) is 0 Å². The highest BCUT2D eigenvalue weighted by Crippen LogP contribution is 1.77. The van der Waals surface area contributed by atoms with Crippen molar-refractivity contribution in [2.24, 2.45) is 0 Å². The van der Waals surface area contributed by atoms with E-state index < -0.39 is 0 Å². The van der Waals surface area contributed by atoms with E-state index in [1.807, 2.05) is 0 Å². The largest absolute Gasteiger partial charge is 0.318 e. The van der Waals surface area contributed by atoms with E-state index in [0.717, 1.165) is 0 Å². The SMILES string of the molecule is N#CSO.N#CSO. The van der Waals surface area contributed by atoms with Crippen LogP contribution in [0.15, 0.2) is 0 Å². The van der Waals surface area contributed by atoms with Crippen LogP contribution in [0.2, 0.25) is 0 Å². The van der Waals surface area contributed by atoms with Gasteiger partial charge in [0.25, 0.3) is 0 Å². The van der Waals surface area contributed by atoms with Crippen molar-refractivity contribution < 1.29 is 9.11 Å². The van der Waals surface area contributed by atoms with Gasteiger partial charge >= 0.3 is 0 Å². The van der Waals surface area contributed by atoms with Gasteiger partial charge in [0.1, 0.15) is 24.1 Å². The summed E-state index contributed by atoms with van der Waals surface area (Å²) in [6.45, 7) is 0. The van der Waals surface area contributed by atoms with Crippen molar-refractivity contribution >= 4 is 24.1 Å². The van der Waals surface area contributed by atoms with Gasteiger partial charge in [0, 0.05) is 0 Å². The average molecular weight is 150 g/mol. The van der Waals surface area contributed by atoms with E-state index in [9.17, 15) is 0 Å². The molecule has 0 aliphatic carbocycles. The standard InChI is InChI=1S/2CHNOS/c2*2-1-4-3/h2*3H. The Labute approximate surface area is 55.1 Å². The molecule has 0 aromatic rings. The normalized spacial score (nSPS) is 5.00. The maximum Gasteiger partial charge on any atom is 0.162 e. The van der Waals surface area contributed by atoms with Gasteiger partial charge in [-0.2, -0.15) is 10.5 Å². The fourth-order valence-electron chi connectivity index (χ4n) is 0. The zero-order valence-corrected chi connectivity index (χ0v) is 5.24. The van der Waals surface area contributed by atoms with Gasteiger partial charge in [-0.05, 0) is 0 Å². The molecule has 44 valence electrons. The smallest absolute Gasteiger partial charge is 0.162 e. The minimum Gasteiger partial charge on any atom is -0.318 e. The second kappa shape index (κ2) is 16.0. The van der Waals surface area contributed by atoms with Crippen molar-refractivity contribution in [1.29, 1.82) is 10.5 Å². The minimum absolute atomic E-state index is 0.162. The third kappa shape index (κ3) is 46.3. The molecule has 0 aromatic heterocycles. The summed E-state index contributed by atoms with van der Waals surface area (Å²) in [7, 11) is 0. The third-order valence-electron chi connectivity index (χ3n) is 0.0816. The topological polar surface area (TPSA) is 88.0 Å². The molecule has 0 aromatic carbocycles. The molecule has 0 fully saturated rings. The maximum absolute atomic E-state index is 7.43. The van der Waals surface area contributed by atoms with Gasteiger partial charge in [-0.3, -0.25) is 0 Å². The van der Waals surface area contributed by atoms with Crippen LogP contribution in [0.25, 0.3) is 0 Å². The first kappa shape index (κ1) is 10.6. The molecule has 0 saturated carbocycles. The Hall–Kier alpha value is -0.400. The molecule has 6 heteroatoms. The number of hydrogen-bond acceptors (Lipinski definition) is 6. The number of hydrogen-bond donors (Lipinski definition) is 2. The molecule has 0 bridgehead atoms. The van der Waals surface area contributed by atoms with Crippen LogP contribution < -0.4 is 0 Å². The van der Waals surface area contributed by atoms with Gasteiger partial charge in [0.05, 0.1) is 0 Å². The Morgan fingerprint density at radius 1 is 1.00 bits per heavy atom. The van der Waals surface area contributed by atoms with Crippen LogP contribution in [0.1, 0.15) is 0 Å². The Balaban J connectivity index is 0. The molecular weight excluding hydrogens is 148 g/mol. The quantitative estimate of drug-likeness (QED) is 0.400. The maximum atomic E-state index is 7.43. The van der Waals surface area contributed by atoms with Crippen LogP contribution in [-0.2, 0) is 0 Å². The zero-order valence-electron chi connectivity index (χ0n) is 3.61. The van der Waals surface area contributed by atoms with E-state index in [0.29, 0.717) is 0 Å². The van der Waals surface area contributed by atoms with E-state index in [1.165, 1.54) is 10.8 Å². The molecule has 0 atom stereocenters. The third-order valence-corrected chi connectivity index (χ3v) is 0.245. The van der Waals surface area contributed by atoms with E-state index in [2.05, 4.69) is 0 Å². The lowest BCUT2D eigenvalue weighted by molar-refractivity contribution is 0.671. The first-order valence-electron chi connectivity index (χ1n) is 1.22. The minimum atomic E-state index is 0.162. The van der Waals surface area contributed by atoms with Gasteiger partial charge in [-0.25, -0.2) is 0 Å². The molecule has 0 spiro atoms. The molecule has 2 N–H and O–H groups in total. The lowest BCUT2D eigenvalue weighted by Gasteiger charge is -1.48. The van der Waals surface area contributed by atoms with Crippen molar-refractivity contribution in [3.8, 4) is 10.8 Å². The van der Waals surface area contributed by atoms with Gasteiger partial charge in [0.2, 0.25) is 0 Å². The molecular formula is C2H2N2O2S2. The van der Waals surface area contributed by atoms with Crippen molar-refractivity contribution in [3.05, 3.63) is 0 Å². The molecule has 8 heavy (non-hydrogen) atoms. The Bertz CT molecular complexity index is 89.6. The summed E-state index contributed by atoms with van der Waals surface area (Å²) in [6, 6.07) is 0. The average Bonchev–Trinajstić information content (AvgIpc) is 1.88. The van der Waals surface area contributed by atoms with Crippen LogP contribution in [-0.4, -0.2) is 9.11 Å². The predicted octanol–water partition coefficient (Wildman–Crippen LogP) is 1.35. The van der Waals surface area contributed by atoms with Crippen molar-refractivity contribution in [2.45, 2.75) is 0 Å². The Morgan fingerprint density at radius 2 is 1.12 bits per heavy atom. The number of rotatable bonds is 0. The van der Waals surface area contributed by atoms with Crippen LogP contribution in [0.3, 0.4) is 0 Å². The summed E-state index contributed by atoms with van der Waals surface area (Å²) in [4.78, 5) is 0. The monoisotopic (exact) mass is 150 g/mol. The van der Waals surface area contributed by atoms with E-state index in [-0.39, 0.29) is 24.1 Å². The highest BCUT2D eigenvalue weighted by molar-refractivity contribution is 7.98. The fraction of sp³-hybridized carbons (Fsp3) is 0. The first-order valence-corrected chi connectivity index (χ1v) is 2.77. The summed E-state index contributed by atoms with van der Waals surface area (Å²) in [5.74, 6) is 0. The highest BCUT2D eigenvalue weighted by Gasteiger charge is 1.52. The first-order chi connectivity index (χ1) is 3.83. The fourth-order valence-corrected chi connectivity index (χ4v) is 0. The highest BCUT2D eigenvalue weighted by atomic mass is 32.2. The van der Waals surface area contributed by atoms with Crippen LogP contribution in [0, 0.1) is 21.3 Å². The zero-order chi connectivity index (χ0) is 6.83. The lowest BCUT2D eigenvalue weighted by atomic mass is 11.8. The summed E-state index contributed by atoms with van der Waals surface area (Å²) >= 11 is 0.324. The summed E-state index contributed by atoms with van der Waals surface area (Å²) in [5.41, 5.74) is 0. The van der Waals surface area contributed by atoms with Crippen molar-refractivity contribution in [1.82, 2.24) is 0 Å². The molecule has 0 aliphatic rings. The molecule has 4 nitrogen and oxygen atoms in total. The second-order valence-electron chi connectivity index (χ2n) is 0.365. The van der Waals surface area contributed by atoms with Crippen LogP contribution >= 0.6 is 24.1 Å². The predicted molar refractivity (Wildman–Crippen MR) is 31.7 cm³/mol. The van der Waals surface area contributed by atoms with E-state index in [4.69, 9.17) is 19.6 Å². The van der Waals surface area contributed by atoms with Crippen LogP contribution in [0.4, 0.5) is 0 Å². The molecule has 0 aliphatic heterocycles.